The van der Waals surface area contributed by atoms with E-state index in [0.717, 1.165) is 0 Å². The Balaban J connectivity index is 2.89. The predicted molar refractivity (Wildman–Crippen MR) is 74.4 cm³/mol. The molecule has 20 heavy (non-hydrogen) atoms. The van der Waals surface area contributed by atoms with Crippen LogP contribution < -0.4 is 10.1 Å². The second-order valence-electron chi connectivity index (χ2n) is 3.98. The van der Waals surface area contributed by atoms with E-state index in [1.54, 1.807) is 19.2 Å². The van der Waals surface area contributed by atoms with Crippen molar-refractivity contribution in [2.75, 3.05) is 27.4 Å². The van der Waals surface area contributed by atoms with Crippen molar-refractivity contribution in [3.05, 3.63) is 27.2 Å². The third kappa shape index (κ3) is 5.12. The summed E-state index contributed by atoms with van der Waals surface area (Å²) in [4.78, 5) is 0. The maximum atomic E-state index is 12.1. The Morgan fingerprint density at radius 2 is 2.05 bits per heavy atom. The summed E-state index contributed by atoms with van der Waals surface area (Å²) in [7, 11) is 3.09. The third-order valence-electron chi connectivity index (χ3n) is 2.52. The SMILES string of the molecule is CNC(COCC(F)(F)F)c1cc(Cl)cc(Br)c1OC. The summed E-state index contributed by atoms with van der Waals surface area (Å²) >= 11 is 9.25. The van der Waals surface area contributed by atoms with Crippen LogP contribution in [0.1, 0.15) is 11.6 Å². The van der Waals surface area contributed by atoms with E-state index in [0.29, 0.717) is 20.8 Å². The molecule has 0 radical (unpaired) electrons. The average molecular weight is 377 g/mol. The molecule has 1 unspecified atom stereocenters. The van der Waals surface area contributed by atoms with E-state index in [4.69, 9.17) is 16.3 Å². The molecule has 0 aromatic heterocycles. The fraction of sp³-hybridized carbons (Fsp3) is 0.500. The van der Waals surface area contributed by atoms with E-state index >= 15 is 0 Å². The number of ether oxygens (including phenoxy) is 2. The molecule has 114 valence electrons. The summed E-state index contributed by atoms with van der Waals surface area (Å²) < 4.78 is 46.8. The number of benzene rings is 1. The lowest BCUT2D eigenvalue weighted by Gasteiger charge is -2.21. The highest BCUT2D eigenvalue weighted by atomic mass is 79.9. The zero-order valence-corrected chi connectivity index (χ0v) is 13.2. The van der Waals surface area contributed by atoms with Gasteiger partial charge in [0.15, 0.2) is 0 Å². The fourth-order valence-corrected chi connectivity index (χ4v) is 2.67. The molecule has 1 N–H and O–H groups in total. The number of hydrogen-bond donors (Lipinski definition) is 1. The Morgan fingerprint density at radius 3 is 2.55 bits per heavy atom. The minimum atomic E-state index is -4.35. The molecule has 0 saturated carbocycles. The largest absolute Gasteiger partial charge is 0.495 e. The first-order valence-electron chi connectivity index (χ1n) is 5.63. The van der Waals surface area contributed by atoms with Gasteiger partial charge in [-0.3, -0.25) is 0 Å². The van der Waals surface area contributed by atoms with Crippen molar-refractivity contribution in [2.24, 2.45) is 0 Å². The van der Waals surface area contributed by atoms with Crippen molar-refractivity contribution in [1.82, 2.24) is 5.32 Å². The number of methoxy groups -OCH3 is 1. The summed E-state index contributed by atoms with van der Waals surface area (Å²) in [6.45, 7) is -1.45. The average Bonchev–Trinajstić information content (AvgIpc) is 2.32. The van der Waals surface area contributed by atoms with E-state index in [-0.39, 0.29) is 6.61 Å². The normalized spacial score (nSPS) is 13.3. The first-order chi connectivity index (χ1) is 9.28. The van der Waals surface area contributed by atoms with Gasteiger partial charge in [-0.25, -0.2) is 0 Å². The van der Waals surface area contributed by atoms with Crippen LogP contribution in [0.25, 0.3) is 0 Å². The fourth-order valence-electron chi connectivity index (χ4n) is 1.68. The van der Waals surface area contributed by atoms with Gasteiger partial charge >= 0.3 is 6.18 Å². The van der Waals surface area contributed by atoms with Gasteiger partial charge in [0.1, 0.15) is 12.4 Å². The van der Waals surface area contributed by atoms with Gasteiger partial charge in [0.05, 0.1) is 24.2 Å². The zero-order chi connectivity index (χ0) is 15.3. The molecule has 0 fully saturated rings. The molecular formula is C12H14BrClF3NO2. The van der Waals surface area contributed by atoms with Crippen molar-refractivity contribution >= 4 is 27.5 Å². The highest BCUT2D eigenvalue weighted by Gasteiger charge is 2.28. The number of likely N-dealkylation sites (N-methyl/N-ethyl adjacent to an activating group) is 1. The monoisotopic (exact) mass is 375 g/mol. The standard InChI is InChI=1S/C12H14BrClF3NO2/c1-18-10(5-20-6-12(15,16)17)8-3-7(14)4-9(13)11(8)19-2/h3-4,10,18H,5-6H2,1-2H3. The Morgan fingerprint density at radius 1 is 1.40 bits per heavy atom. The Labute approximate surface area is 128 Å². The van der Waals surface area contributed by atoms with Gasteiger partial charge in [0.2, 0.25) is 0 Å². The molecule has 0 saturated heterocycles. The highest BCUT2D eigenvalue weighted by Crippen LogP contribution is 2.36. The van der Waals surface area contributed by atoms with Crippen molar-refractivity contribution in [3.63, 3.8) is 0 Å². The Hall–Kier alpha value is -0.500. The van der Waals surface area contributed by atoms with Crippen LogP contribution in [0.2, 0.25) is 5.02 Å². The smallest absolute Gasteiger partial charge is 0.411 e. The molecule has 1 aromatic carbocycles. The predicted octanol–water partition coefficient (Wildman–Crippen LogP) is 3.95. The quantitative estimate of drug-likeness (QED) is 0.815. The van der Waals surface area contributed by atoms with Gasteiger partial charge in [-0.15, -0.1) is 0 Å². The summed E-state index contributed by atoms with van der Waals surface area (Å²) in [5, 5.41) is 3.33. The zero-order valence-electron chi connectivity index (χ0n) is 10.9. The van der Waals surface area contributed by atoms with Gasteiger partial charge in [-0.1, -0.05) is 11.6 Å². The van der Waals surface area contributed by atoms with E-state index in [1.165, 1.54) is 7.11 Å². The second-order valence-corrected chi connectivity index (χ2v) is 5.27. The minimum absolute atomic E-state index is 0.154. The highest BCUT2D eigenvalue weighted by molar-refractivity contribution is 9.10. The van der Waals surface area contributed by atoms with Crippen molar-refractivity contribution in [2.45, 2.75) is 12.2 Å². The van der Waals surface area contributed by atoms with Crippen molar-refractivity contribution in [3.8, 4) is 5.75 Å². The van der Waals surface area contributed by atoms with Crippen LogP contribution in [0.15, 0.2) is 16.6 Å². The van der Waals surface area contributed by atoms with Gasteiger partial charge < -0.3 is 14.8 Å². The van der Waals surface area contributed by atoms with E-state index in [9.17, 15) is 13.2 Å². The topological polar surface area (TPSA) is 30.5 Å². The van der Waals surface area contributed by atoms with Crippen LogP contribution in [-0.4, -0.2) is 33.5 Å². The van der Waals surface area contributed by atoms with E-state index < -0.39 is 18.8 Å². The van der Waals surface area contributed by atoms with E-state index in [1.807, 2.05) is 0 Å². The molecule has 8 heteroatoms. The Bertz CT molecular complexity index is 457. The number of nitrogens with one attached hydrogen (secondary N) is 1. The first kappa shape index (κ1) is 17.6. The molecule has 0 heterocycles. The maximum absolute atomic E-state index is 12.1. The number of rotatable bonds is 6. The molecule has 1 atom stereocenters. The summed E-state index contributed by atoms with van der Waals surface area (Å²) in [6.07, 6.45) is -4.35. The molecule has 0 spiro atoms. The second kappa shape index (κ2) is 7.49. The minimum Gasteiger partial charge on any atom is -0.495 e. The Kier molecular flexibility index (Phi) is 6.57. The molecule has 0 aliphatic heterocycles. The van der Waals surface area contributed by atoms with Crippen LogP contribution >= 0.6 is 27.5 Å². The van der Waals surface area contributed by atoms with Gasteiger partial charge in [-0.05, 0) is 35.1 Å². The molecule has 1 rings (SSSR count). The van der Waals surface area contributed by atoms with Gasteiger partial charge in [0, 0.05) is 10.6 Å². The summed E-state index contributed by atoms with van der Waals surface area (Å²) in [5.74, 6) is 0.504. The van der Waals surface area contributed by atoms with Crippen LogP contribution in [0, 0.1) is 0 Å². The van der Waals surface area contributed by atoms with Gasteiger partial charge in [-0.2, -0.15) is 13.2 Å². The third-order valence-corrected chi connectivity index (χ3v) is 3.32. The van der Waals surface area contributed by atoms with Gasteiger partial charge in [0.25, 0.3) is 0 Å². The van der Waals surface area contributed by atoms with Crippen molar-refractivity contribution < 1.29 is 22.6 Å². The van der Waals surface area contributed by atoms with Crippen LogP contribution in [0.4, 0.5) is 13.2 Å². The van der Waals surface area contributed by atoms with E-state index in [2.05, 4.69) is 26.0 Å². The summed E-state index contributed by atoms with van der Waals surface area (Å²) in [6, 6.07) is 2.80. The molecular weight excluding hydrogens is 362 g/mol. The molecule has 0 bridgehead atoms. The molecule has 0 amide bonds. The lowest BCUT2D eigenvalue weighted by Crippen LogP contribution is -2.26. The maximum Gasteiger partial charge on any atom is 0.411 e. The molecule has 0 aliphatic rings. The number of halogens is 5. The number of alkyl halides is 3. The molecule has 3 nitrogen and oxygen atoms in total. The molecule has 0 aliphatic carbocycles. The van der Waals surface area contributed by atoms with Crippen LogP contribution in [0.5, 0.6) is 5.75 Å². The number of hydrogen-bond acceptors (Lipinski definition) is 3. The van der Waals surface area contributed by atoms with Crippen LogP contribution in [-0.2, 0) is 4.74 Å². The molecule has 1 aromatic rings. The summed E-state index contributed by atoms with van der Waals surface area (Å²) in [5.41, 5.74) is 0.622. The first-order valence-corrected chi connectivity index (χ1v) is 6.80. The lowest BCUT2D eigenvalue weighted by molar-refractivity contribution is -0.175. The van der Waals surface area contributed by atoms with Crippen molar-refractivity contribution in [1.29, 1.82) is 0 Å². The van der Waals surface area contributed by atoms with Crippen LogP contribution in [0.3, 0.4) is 0 Å². The lowest BCUT2D eigenvalue weighted by atomic mass is 10.1.